The van der Waals surface area contributed by atoms with Crippen molar-refractivity contribution in [1.82, 2.24) is 5.32 Å². The van der Waals surface area contributed by atoms with Crippen LogP contribution in [0.5, 0.6) is 0 Å². The third-order valence-electron chi connectivity index (χ3n) is 2.27. The molecular formula is C10H16FmNO2-. The van der Waals surface area contributed by atoms with E-state index in [2.05, 4.69) is 12.2 Å². The van der Waals surface area contributed by atoms with E-state index in [1.165, 1.54) is 0 Å². The summed E-state index contributed by atoms with van der Waals surface area (Å²) in [7, 11) is 0. The molecular weight excluding hydrogens is 423 g/mol. The molecule has 2 N–H and O–H groups in total. The Balaban J connectivity index is 0.00000169. The fourth-order valence-electron chi connectivity index (χ4n) is 1.32. The fourth-order valence-corrected chi connectivity index (χ4v) is 1.32. The number of nitrogens with one attached hydrogen (secondary N) is 1. The molecule has 1 amide bonds. The Labute approximate surface area is 78.8 Å². The number of hydrogen-bond donors (Lipinski definition) is 2. The maximum Gasteiger partial charge on any atom is 0.111 e. The Morgan fingerprint density at radius 2 is 2.29 bits per heavy atom. The minimum atomic E-state index is -0.199. The van der Waals surface area contributed by atoms with Crippen LogP contribution in [0.25, 0.3) is 0 Å². The van der Waals surface area contributed by atoms with Gasteiger partial charge in [0.25, 0.3) is 0 Å². The molecule has 0 bridgehead atoms. The zero-order valence-corrected chi connectivity index (χ0v) is 10.7. The zero-order chi connectivity index (χ0) is 9.68. The molecule has 0 aromatic carbocycles. The van der Waals surface area contributed by atoms with Crippen molar-refractivity contribution < 1.29 is 9.90 Å². The van der Waals surface area contributed by atoms with E-state index in [9.17, 15) is 9.90 Å². The van der Waals surface area contributed by atoms with E-state index in [1.807, 2.05) is 0 Å². The van der Waals surface area contributed by atoms with Gasteiger partial charge < -0.3 is 15.2 Å². The first-order chi connectivity index (χ1) is 6.29. The molecule has 0 heterocycles. The molecule has 0 aromatic heterocycles. The standard InChI is InChI=1S/C10H16NO2.Fm/c1-2-3-4-9(11-7-12)10(13)8-5-6-8;/h9,13H,2-6H2,1H3,(H,11,12);/q-1;. The Morgan fingerprint density at radius 3 is 2.71 bits per heavy atom. The van der Waals surface area contributed by atoms with Crippen LogP contribution in [0.15, 0.2) is 11.3 Å². The van der Waals surface area contributed by atoms with E-state index in [4.69, 9.17) is 0 Å². The normalized spacial score (nSPS) is 15.4. The number of aliphatic hydroxyl groups is 1. The molecule has 1 aliphatic rings. The zero-order valence-electron chi connectivity index (χ0n) is 8.26. The van der Waals surface area contributed by atoms with E-state index in [-0.39, 0.29) is 6.04 Å². The fraction of sp³-hybridized carbons (Fsp3) is 0.700. The predicted octanol–water partition coefficient (Wildman–Crippen LogP) is 1.81. The van der Waals surface area contributed by atoms with Crippen molar-refractivity contribution in [2.24, 2.45) is 0 Å². The third-order valence-corrected chi connectivity index (χ3v) is 2.27. The molecule has 0 spiro atoms. The number of hydrogen-bond acceptors (Lipinski definition) is 2. The van der Waals surface area contributed by atoms with Gasteiger partial charge >= 0.3 is 0 Å². The van der Waals surface area contributed by atoms with Crippen molar-refractivity contribution in [2.75, 3.05) is 0 Å². The molecule has 86 valence electrons. The smallest absolute Gasteiger partial charge is 0.111 e. The van der Waals surface area contributed by atoms with Gasteiger partial charge in [0.05, 0.1) is 6.04 Å². The second kappa shape index (κ2) is 5.62. The molecule has 1 unspecified atom stereocenters. The van der Waals surface area contributed by atoms with Gasteiger partial charge in [0.2, 0.25) is 0 Å². The minimum absolute atomic E-state index is 0. The van der Waals surface area contributed by atoms with Crippen molar-refractivity contribution in [2.45, 2.75) is 45.1 Å². The Bertz CT molecular complexity index is 210. The van der Waals surface area contributed by atoms with Crippen LogP contribution < -0.4 is 5.32 Å². The monoisotopic (exact) mass is 439 g/mol. The van der Waals surface area contributed by atoms with Crippen LogP contribution in [0.2, 0.25) is 0 Å². The van der Waals surface area contributed by atoms with Crippen LogP contribution >= 0.6 is 0 Å². The van der Waals surface area contributed by atoms with Gasteiger partial charge in [-0.15, -0.1) is 0 Å². The summed E-state index contributed by atoms with van der Waals surface area (Å²) in [4.78, 5) is 10.2. The van der Waals surface area contributed by atoms with Gasteiger partial charge in [-0.25, -0.2) is 0 Å². The van der Waals surface area contributed by atoms with Gasteiger partial charge in [-0.05, 0) is 24.8 Å². The summed E-state index contributed by atoms with van der Waals surface area (Å²) in [6.07, 6.45) is 6.49. The second-order valence-electron chi connectivity index (χ2n) is 3.43. The second-order valence-corrected chi connectivity index (χ2v) is 3.43. The first kappa shape index (κ1) is 12.0. The molecule has 0 aliphatic heterocycles. The van der Waals surface area contributed by atoms with Crippen molar-refractivity contribution in [3.63, 3.8) is 0 Å². The molecule has 1 atom stereocenters. The van der Waals surface area contributed by atoms with Crippen molar-refractivity contribution in [3.05, 3.63) is 11.3 Å². The van der Waals surface area contributed by atoms with Crippen LogP contribution in [0.1, 0.15) is 39.0 Å². The van der Waals surface area contributed by atoms with E-state index < -0.39 is 0 Å². The largest absolute Gasteiger partial charge is 0.521 e. The van der Waals surface area contributed by atoms with E-state index in [1.54, 1.807) is 6.41 Å². The van der Waals surface area contributed by atoms with Crippen molar-refractivity contribution in [1.29, 1.82) is 0 Å². The van der Waals surface area contributed by atoms with Gasteiger partial charge in [0, 0.05) is 0 Å². The van der Waals surface area contributed by atoms with Gasteiger partial charge in [-0.3, -0.25) is 0 Å². The van der Waals surface area contributed by atoms with Crippen LogP contribution in [-0.2, 0) is 4.79 Å². The molecule has 3 nitrogen and oxygen atoms in total. The van der Waals surface area contributed by atoms with E-state index in [0.29, 0.717) is 5.76 Å². The molecule has 1 saturated carbocycles. The Hall–Kier alpha value is -1.99. The van der Waals surface area contributed by atoms with Crippen LogP contribution in [0, 0.1) is 0 Å². The van der Waals surface area contributed by atoms with E-state index >= 15 is 0 Å². The van der Waals surface area contributed by atoms with Crippen LogP contribution in [-0.4, -0.2) is 17.6 Å². The van der Waals surface area contributed by atoms with Gasteiger partial charge in [-0.2, -0.15) is 6.41 Å². The topological polar surface area (TPSA) is 49.3 Å². The quantitative estimate of drug-likeness (QED) is 0.377. The maximum atomic E-state index is 10.2. The molecule has 1 rings (SSSR count). The summed E-state index contributed by atoms with van der Waals surface area (Å²) < 4.78 is 0. The minimum Gasteiger partial charge on any atom is -0.521 e. The summed E-state index contributed by atoms with van der Waals surface area (Å²) in [5.41, 5.74) is 1.09. The number of carbonyl (C=O) groups excluding carboxylic acids is 1. The number of amides is 1. The number of rotatable bonds is 6. The molecule has 0 radical (unpaired) electrons. The van der Waals surface area contributed by atoms with Gasteiger partial charge in [0.1, 0.15) is 5.76 Å². The average Bonchev–Trinajstić information content (AvgIpc) is 2.94. The van der Waals surface area contributed by atoms with Crippen LogP contribution in [0.4, 0.5) is 0 Å². The predicted molar refractivity (Wildman–Crippen MR) is 51.0 cm³/mol. The van der Waals surface area contributed by atoms with Gasteiger partial charge in [0.15, 0.2) is 0 Å². The molecule has 1 aliphatic carbocycles. The third kappa shape index (κ3) is 3.17. The molecule has 14 heavy (non-hydrogen) atoms. The molecule has 0 aromatic rings. The summed E-state index contributed by atoms with van der Waals surface area (Å²) in [6, 6.07) is -0.199. The first-order valence-corrected chi connectivity index (χ1v) is 4.83. The first-order valence-electron chi connectivity index (χ1n) is 4.83. The molecule has 0 saturated heterocycles. The Morgan fingerprint density at radius 1 is 1.64 bits per heavy atom. The SMILES string of the molecule is CCCCC(N[C-]=O)C(O)=C1CC1.[Fm]. The summed E-state index contributed by atoms with van der Waals surface area (Å²) in [5.74, 6) is 0.372. The van der Waals surface area contributed by atoms with Crippen molar-refractivity contribution >= 4 is 6.41 Å². The van der Waals surface area contributed by atoms with Gasteiger partial charge in [-0.1, -0.05) is 19.8 Å². The average molecular weight is 439 g/mol. The number of unbranched alkanes of at least 4 members (excludes halogenated alkanes) is 1. The van der Waals surface area contributed by atoms with E-state index in [0.717, 1.165) is 37.7 Å². The summed E-state index contributed by atoms with van der Waals surface area (Å²) >= 11 is 0. The van der Waals surface area contributed by atoms with Crippen LogP contribution in [0.3, 0.4) is 0 Å². The summed E-state index contributed by atoms with van der Waals surface area (Å²) in [5, 5.41) is 12.2. The summed E-state index contributed by atoms with van der Waals surface area (Å²) in [6.45, 7) is 2.09. The molecule has 1 fully saturated rings. The molecule has 4 heteroatoms. The Kier molecular flexibility index (Phi) is 4.82. The maximum absolute atomic E-state index is 10.2. The van der Waals surface area contributed by atoms with Crippen molar-refractivity contribution in [3.8, 4) is 0 Å². The number of allylic oxidation sites excluding steroid dienone is 1. The number of aliphatic hydroxyl groups excluding tert-OH is 1.